The van der Waals surface area contributed by atoms with Crippen LogP contribution < -0.4 is 15.8 Å². The third-order valence-electron chi connectivity index (χ3n) is 5.69. The molecule has 4 rings (SSSR count). The number of aryl methyl sites for hydroxylation is 1. The van der Waals surface area contributed by atoms with Crippen LogP contribution in [0.4, 0.5) is 14.7 Å². The number of pyridine rings is 1. The molecule has 0 spiro atoms. The number of amidine groups is 1. The second kappa shape index (κ2) is 10.8. The molecule has 12 heteroatoms. The molecule has 1 aliphatic heterocycles. The van der Waals surface area contributed by atoms with Gasteiger partial charge in [-0.3, -0.25) is 0 Å². The molecule has 2 unspecified atom stereocenters. The molecule has 3 atom stereocenters. The van der Waals surface area contributed by atoms with Gasteiger partial charge in [-0.1, -0.05) is 17.3 Å². The van der Waals surface area contributed by atoms with E-state index in [9.17, 15) is 9.50 Å². The SMILES string of the molecule is COc1cccc(-c2cc(F)ccc2[C@@H]2N/C(=N\OCCC(O)CO)c3c(C)nc(N)nc3C2F)n1. The fourth-order valence-electron chi connectivity index (χ4n) is 3.96. The summed E-state index contributed by atoms with van der Waals surface area (Å²) in [6.07, 6.45) is -2.52. The van der Waals surface area contributed by atoms with E-state index in [1.807, 2.05) is 0 Å². The number of aromatic nitrogens is 3. The molecule has 3 aromatic rings. The molecule has 5 N–H and O–H groups in total. The van der Waals surface area contributed by atoms with Crippen LogP contribution in [0.1, 0.15) is 41.1 Å². The highest BCUT2D eigenvalue weighted by Crippen LogP contribution is 2.41. The molecule has 0 amide bonds. The highest BCUT2D eigenvalue weighted by Gasteiger charge is 2.38. The molecule has 0 saturated heterocycles. The Balaban J connectivity index is 1.78. The van der Waals surface area contributed by atoms with Crippen molar-refractivity contribution in [1.29, 1.82) is 0 Å². The number of hydrogen-bond donors (Lipinski definition) is 4. The average molecular weight is 501 g/mol. The molecule has 2 aromatic heterocycles. The molecule has 10 nitrogen and oxygen atoms in total. The van der Waals surface area contributed by atoms with Gasteiger partial charge in [0.25, 0.3) is 0 Å². The first-order valence-corrected chi connectivity index (χ1v) is 11.2. The fraction of sp³-hybridized carbons (Fsp3) is 0.333. The first-order valence-electron chi connectivity index (χ1n) is 11.2. The van der Waals surface area contributed by atoms with Crippen LogP contribution in [-0.2, 0) is 4.84 Å². The van der Waals surface area contributed by atoms with Gasteiger partial charge in [-0.05, 0) is 30.7 Å². The maximum absolute atomic E-state index is 16.0. The van der Waals surface area contributed by atoms with Crippen LogP contribution in [0.2, 0.25) is 0 Å². The number of ether oxygens (including phenoxy) is 1. The van der Waals surface area contributed by atoms with E-state index in [2.05, 4.69) is 25.4 Å². The molecule has 0 saturated carbocycles. The number of hydrogen-bond acceptors (Lipinski definition) is 9. The van der Waals surface area contributed by atoms with E-state index in [1.165, 1.54) is 25.3 Å². The lowest BCUT2D eigenvalue weighted by molar-refractivity contribution is 0.0500. The molecule has 0 aliphatic carbocycles. The maximum Gasteiger partial charge on any atom is 0.220 e. The number of aliphatic hydroxyl groups excluding tert-OH is 2. The Morgan fingerprint density at radius 2 is 2.03 bits per heavy atom. The lowest BCUT2D eigenvalue weighted by Crippen LogP contribution is -2.40. The van der Waals surface area contributed by atoms with E-state index < -0.39 is 30.7 Å². The summed E-state index contributed by atoms with van der Waals surface area (Å²) < 4.78 is 35.5. The first-order chi connectivity index (χ1) is 17.3. The Kier molecular flexibility index (Phi) is 7.55. The molecule has 0 radical (unpaired) electrons. The lowest BCUT2D eigenvalue weighted by atomic mass is 9.88. The number of nitrogens with two attached hydrogens (primary N) is 1. The topological polar surface area (TPSA) is 148 Å². The average Bonchev–Trinajstić information content (AvgIpc) is 2.87. The number of alkyl halides is 1. The van der Waals surface area contributed by atoms with Gasteiger partial charge in [-0.25, -0.2) is 23.7 Å². The van der Waals surface area contributed by atoms with E-state index >= 15 is 4.39 Å². The minimum Gasteiger partial charge on any atom is -0.481 e. The second-order valence-corrected chi connectivity index (χ2v) is 8.15. The van der Waals surface area contributed by atoms with Gasteiger partial charge < -0.3 is 30.8 Å². The Bertz CT molecular complexity index is 1280. The molecule has 0 fully saturated rings. The third kappa shape index (κ3) is 5.19. The van der Waals surface area contributed by atoms with E-state index in [1.54, 1.807) is 25.1 Å². The molecule has 3 heterocycles. The number of nitrogen functional groups attached to an aromatic ring is 1. The van der Waals surface area contributed by atoms with Crippen molar-refractivity contribution in [3.8, 4) is 17.1 Å². The number of methoxy groups -OCH3 is 1. The summed E-state index contributed by atoms with van der Waals surface area (Å²) in [6.45, 7) is 1.22. The number of benzene rings is 1. The number of rotatable bonds is 8. The highest BCUT2D eigenvalue weighted by molar-refractivity contribution is 6.02. The fourth-order valence-corrected chi connectivity index (χ4v) is 3.96. The van der Waals surface area contributed by atoms with Gasteiger partial charge in [0, 0.05) is 18.1 Å². The number of halogens is 2. The van der Waals surface area contributed by atoms with Crippen LogP contribution in [0.3, 0.4) is 0 Å². The Hall–Kier alpha value is -3.90. The van der Waals surface area contributed by atoms with Gasteiger partial charge in [0.2, 0.25) is 11.8 Å². The van der Waals surface area contributed by atoms with Crippen LogP contribution in [0.25, 0.3) is 11.3 Å². The van der Waals surface area contributed by atoms with Crippen LogP contribution in [0.15, 0.2) is 41.6 Å². The van der Waals surface area contributed by atoms with E-state index in [0.29, 0.717) is 34.0 Å². The number of aliphatic hydroxyl groups is 2. The molecule has 190 valence electrons. The second-order valence-electron chi connectivity index (χ2n) is 8.15. The van der Waals surface area contributed by atoms with Crippen molar-refractivity contribution in [3.05, 3.63) is 64.7 Å². The van der Waals surface area contributed by atoms with Gasteiger partial charge in [0.15, 0.2) is 12.0 Å². The summed E-state index contributed by atoms with van der Waals surface area (Å²) in [5.74, 6) is -0.158. The number of nitrogens with zero attached hydrogens (tertiary/aromatic N) is 4. The summed E-state index contributed by atoms with van der Waals surface area (Å²) >= 11 is 0. The smallest absolute Gasteiger partial charge is 0.220 e. The number of anilines is 1. The van der Waals surface area contributed by atoms with Gasteiger partial charge in [-0.2, -0.15) is 0 Å². The Morgan fingerprint density at radius 3 is 2.78 bits per heavy atom. The Labute approximate surface area is 205 Å². The van der Waals surface area contributed by atoms with Crippen molar-refractivity contribution in [3.63, 3.8) is 0 Å². The summed E-state index contributed by atoms with van der Waals surface area (Å²) in [7, 11) is 1.46. The van der Waals surface area contributed by atoms with Crippen molar-refractivity contribution in [1.82, 2.24) is 20.3 Å². The zero-order chi connectivity index (χ0) is 25.8. The van der Waals surface area contributed by atoms with Gasteiger partial charge >= 0.3 is 0 Å². The number of nitrogens with one attached hydrogen (secondary N) is 1. The molecule has 36 heavy (non-hydrogen) atoms. The summed E-state index contributed by atoms with van der Waals surface area (Å²) in [5, 5.41) is 25.6. The predicted octanol–water partition coefficient (Wildman–Crippen LogP) is 2.35. The van der Waals surface area contributed by atoms with Crippen LogP contribution >= 0.6 is 0 Å². The summed E-state index contributed by atoms with van der Waals surface area (Å²) in [4.78, 5) is 17.9. The van der Waals surface area contributed by atoms with Crippen molar-refractivity contribution in [2.45, 2.75) is 31.7 Å². The van der Waals surface area contributed by atoms with Crippen molar-refractivity contribution < 1.29 is 28.6 Å². The van der Waals surface area contributed by atoms with E-state index in [4.69, 9.17) is 20.4 Å². The van der Waals surface area contributed by atoms with Crippen molar-refractivity contribution in [2.75, 3.05) is 26.1 Å². The summed E-state index contributed by atoms with van der Waals surface area (Å²) in [6, 6.07) is 7.92. The van der Waals surface area contributed by atoms with Crippen LogP contribution in [0, 0.1) is 12.7 Å². The first kappa shape index (κ1) is 25.2. The van der Waals surface area contributed by atoms with Crippen LogP contribution in [-0.4, -0.2) is 57.4 Å². The van der Waals surface area contributed by atoms with Gasteiger partial charge in [0.05, 0.1) is 48.5 Å². The van der Waals surface area contributed by atoms with Crippen LogP contribution in [0.5, 0.6) is 5.88 Å². The van der Waals surface area contributed by atoms with E-state index in [0.717, 1.165) is 0 Å². The van der Waals surface area contributed by atoms with Crippen molar-refractivity contribution in [2.24, 2.45) is 5.16 Å². The van der Waals surface area contributed by atoms with Gasteiger partial charge in [0.1, 0.15) is 12.4 Å². The zero-order valence-corrected chi connectivity index (χ0v) is 19.7. The molecule has 0 bridgehead atoms. The number of fused-ring (bicyclic) bond motifs is 1. The normalized spacial score (nSPS) is 18.9. The zero-order valence-electron chi connectivity index (χ0n) is 19.7. The summed E-state index contributed by atoms with van der Waals surface area (Å²) in [5.41, 5.74) is 7.63. The Morgan fingerprint density at radius 1 is 1.22 bits per heavy atom. The predicted molar refractivity (Wildman–Crippen MR) is 127 cm³/mol. The molecular formula is C24H26F2N6O4. The van der Waals surface area contributed by atoms with Crippen molar-refractivity contribution >= 4 is 11.8 Å². The largest absolute Gasteiger partial charge is 0.481 e. The molecular weight excluding hydrogens is 474 g/mol. The standard InChI is InChI=1S/C24H26F2N6O4/c1-12-19-22(31-24(27)28-12)20(26)21(30-23(19)32-36-9-8-14(34)11-33)15-7-6-13(25)10-16(15)17-4-3-5-18(29-17)35-2/h3-7,10,14,20-21,33-34H,8-9,11H2,1-2H3,(H,30,32)(H2,27,28,31)/t14?,20?,21-/m0/s1. The maximum atomic E-state index is 16.0. The lowest BCUT2D eigenvalue weighted by Gasteiger charge is -2.32. The molecule has 1 aromatic carbocycles. The third-order valence-corrected chi connectivity index (χ3v) is 5.69. The van der Waals surface area contributed by atoms with Gasteiger partial charge in [-0.15, -0.1) is 0 Å². The number of oxime groups is 1. The van der Waals surface area contributed by atoms with E-state index in [-0.39, 0.29) is 30.5 Å². The monoisotopic (exact) mass is 500 g/mol. The molecule has 1 aliphatic rings. The quantitative estimate of drug-likeness (QED) is 0.270. The minimum absolute atomic E-state index is 0.00361. The minimum atomic E-state index is -1.70. The highest BCUT2D eigenvalue weighted by atomic mass is 19.1.